The highest BCUT2D eigenvalue weighted by molar-refractivity contribution is 9.10. The third-order valence-corrected chi connectivity index (χ3v) is 15.5. The number of ketones is 4. The van der Waals surface area contributed by atoms with Crippen molar-refractivity contribution in [2.24, 2.45) is 11.5 Å². The largest absolute Gasteiger partial charge is 0.488 e. The molecule has 0 radical (unpaired) electrons. The normalized spacial score (nSPS) is 13.3. The van der Waals surface area contributed by atoms with E-state index in [1.54, 1.807) is 45.3 Å². The van der Waals surface area contributed by atoms with Crippen LogP contribution in [0.1, 0.15) is 132 Å². The lowest BCUT2D eigenvalue weighted by molar-refractivity contribution is 0.0946. The molecule has 4 aromatic carbocycles. The topological polar surface area (TPSA) is 306 Å². The molecule has 12 rings (SSSR count). The molecule has 0 unspecified atom stereocenters. The van der Waals surface area contributed by atoms with Crippen LogP contribution < -0.4 is 27.6 Å². The molecule has 0 spiro atoms. The molecule has 1 amide bonds. The number of Topliss-reactive ketones (excluding diaryl/α,β-unsaturated/α-hetero) is 4. The lowest BCUT2D eigenvalue weighted by Gasteiger charge is -2.16. The highest BCUT2D eigenvalue weighted by Gasteiger charge is 2.29. The van der Waals surface area contributed by atoms with Crippen LogP contribution in [0.15, 0.2) is 77.5 Å². The number of carbonyl (C=O) groups is 5. The van der Waals surface area contributed by atoms with Crippen molar-refractivity contribution in [3.63, 3.8) is 0 Å². The van der Waals surface area contributed by atoms with Gasteiger partial charge in [0.05, 0.1) is 47.0 Å². The summed E-state index contributed by atoms with van der Waals surface area (Å²) in [6, 6.07) is 20.4. The fourth-order valence-corrected chi connectivity index (χ4v) is 11.5. The number of carbonyl (C=O) groups excluding carboxylic acids is 5. The van der Waals surface area contributed by atoms with Gasteiger partial charge in [-0.3, -0.25) is 24.0 Å². The van der Waals surface area contributed by atoms with Crippen LogP contribution in [0.25, 0.3) is 43.9 Å². The number of nitrogens with two attached hydrogens (primary N) is 2. The van der Waals surface area contributed by atoms with E-state index in [2.05, 4.69) is 61.9 Å². The first kappa shape index (κ1) is 66.7. The van der Waals surface area contributed by atoms with Gasteiger partial charge in [0.2, 0.25) is 11.4 Å². The Balaban J connectivity index is 0.000000160. The number of aromatic nitrogens is 8. The van der Waals surface area contributed by atoms with E-state index in [0.29, 0.717) is 77.6 Å². The molecule has 0 fully saturated rings. The van der Waals surface area contributed by atoms with Gasteiger partial charge in [-0.25, -0.2) is 38.4 Å². The summed E-state index contributed by atoms with van der Waals surface area (Å²) in [5, 5.41) is 31.6. The van der Waals surface area contributed by atoms with E-state index in [1.165, 1.54) is 31.3 Å². The van der Waals surface area contributed by atoms with Crippen LogP contribution in [0.5, 0.6) is 0 Å². The predicted molar refractivity (Wildman–Crippen MR) is 337 cm³/mol. The minimum absolute atomic E-state index is 0.00743. The maximum Gasteiger partial charge on any atom is 0.488 e. The number of hydrogen-bond donors (Lipinski definition) is 6. The number of fused-ring (bicyclic) bond motifs is 4. The molecule has 26 heteroatoms. The fraction of sp³-hybridized carbons (Fsp3) is 0.302. The maximum atomic E-state index is 13.7. The monoisotopic (exact) mass is 1270 g/mol. The van der Waals surface area contributed by atoms with Crippen LogP contribution in [-0.2, 0) is 26.2 Å². The number of rotatable bonds is 7. The van der Waals surface area contributed by atoms with E-state index in [0.717, 1.165) is 113 Å². The molecule has 0 saturated carbocycles. The van der Waals surface area contributed by atoms with Gasteiger partial charge in [-0.2, -0.15) is 5.26 Å². The molecule has 458 valence electrons. The maximum absolute atomic E-state index is 13.7. The summed E-state index contributed by atoms with van der Waals surface area (Å²) in [6.45, 7) is 24.6. The first-order valence-corrected chi connectivity index (χ1v) is 29.1. The smallest absolute Gasteiger partial charge is 0.423 e. The summed E-state index contributed by atoms with van der Waals surface area (Å²) in [5.41, 5.74) is 20.5. The number of nitrogens with zero attached hydrogens (tertiary/aromatic N) is 11. The number of anilines is 2. The van der Waals surface area contributed by atoms with Gasteiger partial charge in [-0.05, 0) is 118 Å². The van der Waals surface area contributed by atoms with Crippen molar-refractivity contribution in [3.05, 3.63) is 169 Å². The average molecular weight is 1270 g/mol. The number of amides is 1. The standard InChI is InChI=1S/C16H18N4O2.C16H16N4O.C15H12FN3O.C8H9BrN2O.C7H5BFNO2.CH5N/c1-9-14-13(21)4-3-7-20(14)16(19-9)10-5-6-11(15(17)22)12(8-10)18-2;1-10-15-14(21)5-4-8-20(15)16(19-10)11-6-7-12(17-2)13(9-11)18-3;1-9-14-13(20)4-3-7-19(14)15(18-9)10-5-6-12(17-2)11(16)8-10;1-5-7-6(12)3-2-4-11(7)8(9)10-5;9-7-3-6(8(11)12)2-1-5(7)4-10;1-2/h5-6,8,18H,3-4,7H2,1-2H3,(H2,17,22);6-7,9,18H,4-5,8H2,1,3H3;5-6,8H,3-4,7H2,1H3;2-4H2,1H3;1-3,11-12H;2H2,1H3. The van der Waals surface area contributed by atoms with Crippen molar-refractivity contribution in [1.82, 2.24) is 38.2 Å². The van der Waals surface area contributed by atoms with E-state index in [4.69, 9.17) is 34.2 Å². The van der Waals surface area contributed by atoms with Crippen LogP contribution in [0.3, 0.4) is 0 Å². The zero-order valence-corrected chi connectivity index (χ0v) is 51.7. The Bertz CT molecular complexity index is 4180. The van der Waals surface area contributed by atoms with Gasteiger partial charge < -0.3 is 50.4 Å². The number of imidazole rings is 4. The summed E-state index contributed by atoms with van der Waals surface area (Å²) in [5.74, 6) is 1.000. The van der Waals surface area contributed by atoms with E-state index in [-0.39, 0.29) is 39.8 Å². The van der Waals surface area contributed by atoms with Gasteiger partial charge in [0.1, 0.15) is 58.0 Å². The number of benzene rings is 4. The first-order valence-electron chi connectivity index (χ1n) is 28.3. The van der Waals surface area contributed by atoms with Crippen molar-refractivity contribution in [2.45, 2.75) is 105 Å². The molecule has 0 saturated heterocycles. The molecule has 0 bridgehead atoms. The summed E-state index contributed by atoms with van der Waals surface area (Å²) in [7, 11) is 3.33. The number of nitriles is 1. The van der Waals surface area contributed by atoms with Crippen LogP contribution in [0, 0.1) is 63.8 Å². The quantitative estimate of drug-likeness (QED) is 0.0639. The highest BCUT2D eigenvalue weighted by atomic mass is 79.9. The zero-order chi connectivity index (χ0) is 65.0. The third kappa shape index (κ3) is 14.6. The number of hydrogen-bond acceptors (Lipinski definition) is 15. The molecule has 8 N–H and O–H groups in total. The Morgan fingerprint density at radius 1 is 0.596 bits per heavy atom. The van der Waals surface area contributed by atoms with Crippen LogP contribution >= 0.6 is 15.9 Å². The second-order valence-corrected chi connectivity index (χ2v) is 21.3. The molecule has 4 aliphatic rings. The Morgan fingerprint density at radius 3 is 1.37 bits per heavy atom. The molecule has 8 heterocycles. The molecule has 89 heavy (non-hydrogen) atoms. The van der Waals surface area contributed by atoms with Gasteiger partial charge in [0.25, 0.3) is 5.91 Å². The lowest BCUT2D eigenvalue weighted by atomic mass is 9.80. The molecule has 0 atom stereocenters. The molecule has 0 aliphatic carbocycles. The van der Waals surface area contributed by atoms with E-state index in [9.17, 15) is 32.8 Å². The van der Waals surface area contributed by atoms with E-state index in [1.807, 2.05) is 63.3 Å². The second kappa shape index (κ2) is 29.7. The van der Waals surface area contributed by atoms with Crippen molar-refractivity contribution < 1.29 is 42.8 Å². The van der Waals surface area contributed by atoms with E-state index < -0.39 is 24.7 Å². The zero-order valence-electron chi connectivity index (χ0n) is 50.1. The van der Waals surface area contributed by atoms with Crippen molar-refractivity contribution in [3.8, 4) is 40.2 Å². The van der Waals surface area contributed by atoms with Gasteiger partial charge >= 0.3 is 7.12 Å². The van der Waals surface area contributed by atoms with Crippen molar-refractivity contribution >= 4 is 80.3 Å². The summed E-state index contributed by atoms with van der Waals surface area (Å²) in [4.78, 5) is 83.3. The van der Waals surface area contributed by atoms with Crippen LogP contribution in [0.2, 0.25) is 0 Å². The number of aryl methyl sites for hydroxylation is 4. The van der Waals surface area contributed by atoms with Crippen molar-refractivity contribution in [1.29, 1.82) is 5.26 Å². The minimum atomic E-state index is -1.70. The fourth-order valence-electron chi connectivity index (χ4n) is 10.8. The first-order chi connectivity index (χ1) is 42.6. The molecular formula is C63H65BBrF2N15O7. The predicted octanol–water partition coefficient (Wildman–Crippen LogP) is 9.81. The molecule has 4 aliphatic heterocycles. The Labute approximate surface area is 521 Å². The van der Waals surface area contributed by atoms with Crippen LogP contribution in [0.4, 0.5) is 31.5 Å². The average Bonchev–Trinajstić information content (AvgIpc) is 1.75. The lowest BCUT2D eigenvalue weighted by Crippen LogP contribution is -2.30. The van der Waals surface area contributed by atoms with Crippen LogP contribution in [-0.4, -0.2) is 106 Å². The summed E-state index contributed by atoms with van der Waals surface area (Å²) >= 11 is 3.33. The Hall–Kier alpha value is -9.78. The van der Waals surface area contributed by atoms with Gasteiger partial charge in [0, 0.05) is 94.0 Å². The van der Waals surface area contributed by atoms with Gasteiger partial charge in [-0.15, -0.1) is 0 Å². The van der Waals surface area contributed by atoms with Crippen molar-refractivity contribution in [2.75, 3.05) is 31.8 Å². The minimum Gasteiger partial charge on any atom is -0.423 e. The van der Waals surface area contributed by atoms with Gasteiger partial charge in [-0.1, -0.05) is 36.4 Å². The highest BCUT2D eigenvalue weighted by Crippen LogP contribution is 2.35. The second-order valence-electron chi connectivity index (χ2n) is 20.6. The summed E-state index contributed by atoms with van der Waals surface area (Å²) < 4.78 is 35.1. The number of primary amides is 1. The molecule has 22 nitrogen and oxygen atoms in total. The molecule has 4 aromatic heterocycles. The SMILES string of the molecule is CN.CNc1cc(-c2nc(C)c3n2CCCC3=O)ccc1C(N)=O.Cc1nc(Br)n2c1C(=O)CCC2.N#Cc1ccc(B(O)O)cc1F.[C-]#[N+]c1ccc(-c2nc(C)c3n2CCCC3=O)cc1F.[C-]#[N+]c1ccc(-c2nc(C)c3n2CCCC3=O)cc1NC. The number of halogens is 3. The Kier molecular flexibility index (Phi) is 22.3. The third-order valence-electron chi connectivity index (χ3n) is 14.9. The summed E-state index contributed by atoms with van der Waals surface area (Å²) in [6.07, 6.45) is 5.77. The number of nitrogens with one attached hydrogen (secondary N) is 2. The van der Waals surface area contributed by atoms with E-state index >= 15 is 0 Å². The molecular weight excluding hydrogens is 1210 g/mol. The molecule has 8 aromatic rings. The Morgan fingerprint density at radius 2 is 0.989 bits per heavy atom. The van der Waals surface area contributed by atoms with Gasteiger partial charge in [0.15, 0.2) is 27.9 Å².